The fourth-order valence-corrected chi connectivity index (χ4v) is 2.84. The maximum atomic E-state index is 11.1. The van der Waals surface area contributed by atoms with Crippen molar-refractivity contribution in [3.8, 4) is 0 Å². The van der Waals surface area contributed by atoms with E-state index in [4.69, 9.17) is 9.84 Å². The predicted molar refractivity (Wildman–Crippen MR) is 90.6 cm³/mol. The second-order valence-corrected chi connectivity index (χ2v) is 5.97. The van der Waals surface area contributed by atoms with Gasteiger partial charge in [-0.3, -0.25) is 4.79 Å². The number of hydrogen-bond acceptors (Lipinski definition) is 4. The summed E-state index contributed by atoms with van der Waals surface area (Å²) in [4.78, 5) is 24.2. The van der Waals surface area contributed by atoms with Crippen LogP contribution in [0.2, 0.25) is 0 Å². The lowest BCUT2D eigenvalue weighted by molar-refractivity contribution is 0.0694. The van der Waals surface area contributed by atoms with Crippen molar-refractivity contribution in [3.05, 3.63) is 65.2 Å². The minimum atomic E-state index is -1.08. The molecule has 0 spiro atoms. The molecule has 1 aliphatic heterocycles. The fourth-order valence-electron chi connectivity index (χ4n) is 2.84. The molecular formula is C19H19NO4. The average molecular weight is 325 g/mol. The van der Waals surface area contributed by atoms with Gasteiger partial charge in [0, 0.05) is 30.3 Å². The minimum absolute atomic E-state index is 0.0389. The van der Waals surface area contributed by atoms with E-state index in [-0.39, 0.29) is 11.1 Å². The number of anilines is 1. The number of carboxylic acids is 1. The molecule has 5 heteroatoms. The Kier molecular flexibility index (Phi) is 4.91. The van der Waals surface area contributed by atoms with Crippen LogP contribution in [0, 0.1) is 5.92 Å². The van der Waals surface area contributed by atoms with Gasteiger partial charge in [0.15, 0.2) is 6.29 Å². The molecule has 2 aromatic carbocycles. The number of rotatable bonds is 7. The Hall–Kier alpha value is -2.66. The van der Waals surface area contributed by atoms with Gasteiger partial charge in [-0.25, -0.2) is 4.79 Å². The molecule has 3 rings (SSSR count). The van der Waals surface area contributed by atoms with Crippen molar-refractivity contribution in [1.82, 2.24) is 0 Å². The molecule has 0 aromatic heterocycles. The van der Waals surface area contributed by atoms with Crippen LogP contribution in [0.3, 0.4) is 0 Å². The molecule has 0 radical (unpaired) electrons. The quantitative estimate of drug-likeness (QED) is 0.793. The largest absolute Gasteiger partial charge is 0.478 e. The molecule has 1 saturated heterocycles. The van der Waals surface area contributed by atoms with Crippen molar-refractivity contribution in [2.24, 2.45) is 5.92 Å². The minimum Gasteiger partial charge on any atom is -0.478 e. The van der Waals surface area contributed by atoms with Crippen molar-refractivity contribution >= 4 is 17.9 Å². The first-order chi connectivity index (χ1) is 11.7. The summed E-state index contributed by atoms with van der Waals surface area (Å²) in [6.45, 7) is 3.00. The highest BCUT2D eigenvalue weighted by molar-refractivity contribution is 5.98. The number of nitrogens with zero attached hydrogens (tertiary/aromatic N) is 1. The number of carbonyl (C=O) groups excluding carboxylic acids is 1. The van der Waals surface area contributed by atoms with E-state index in [1.807, 2.05) is 30.3 Å². The van der Waals surface area contributed by atoms with Crippen molar-refractivity contribution in [1.29, 1.82) is 0 Å². The topological polar surface area (TPSA) is 66.8 Å². The van der Waals surface area contributed by atoms with Crippen LogP contribution in [0.1, 0.15) is 26.3 Å². The van der Waals surface area contributed by atoms with E-state index in [9.17, 15) is 9.59 Å². The third-order valence-electron chi connectivity index (χ3n) is 4.18. The first kappa shape index (κ1) is 16.2. The van der Waals surface area contributed by atoms with Crippen molar-refractivity contribution < 1.29 is 19.4 Å². The summed E-state index contributed by atoms with van der Waals surface area (Å²) in [5, 5.41) is 9.04. The number of aldehydes is 1. The van der Waals surface area contributed by atoms with Gasteiger partial charge in [-0.05, 0) is 23.8 Å². The number of hydrogen-bond donors (Lipinski definition) is 1. The molecule has 0 amide bonds. The molecule has 5 nitrogen and oxygen atoms in total. The van der Waals surface area contributed by atoms with Crippen LogP contribution in [0.25, 0.3) is 0 Å². The SMILES string of the molecule is O=Cc1cc(N2CC(COCc3ccccc3)C2)ccc1C(=O)O. The predicted octanol–water partition coefficient (Wildman–Crippen LogP) is 2.85. The first-order valence-electron chi connectivity index (χ1n) is 7.86. The highest BCUT2D eigenvalue weighted by atomic mass is 16.5. The fraction of sp³-hybridized carbons (Fsp3) is 0.263. The van der Waals surface area contributed by atoms with E-state index in [1.54, 1.807) is 12.1 Å². The first-order valence-corrected chi connectivity index (χ1v) is 7.86. The molecule has 24 heavy (non-hydrogen) atoms. The standard InChI is InChI=1S/C19H19NO4/c21-11-16-8-17(6-7-18(16)19(22)23)20-9-15(10-20)13-24-12-14-4-2-1-3-5-14/h1-8,11,15H,9-10,12-13H2,(H,22,23). The monoisotopic (exact) mass is 325 g/mol. The van der Waals surface area contributed by atoms with Gasteiger partial charge >= 0.3 is 5.97 Å². The number of benzene rings is 2. The van der Waals surface area contributed by atoms with Gasteiger partial charge in [0.25, 0.3) is 0 Å². The summed E-state index contributed by atoms with van der Waals surface area (Å²) in [6.07, 6.45) is 0.590. The molecule has 0 bridgehead atoms. The summed E-state index contributed by atoms with van der Waals surface area (Å²) in [6, 6.07) is 14.9. The van der Waals surface area contributed by atoms with Crippen molar-refractivity contribution in [3.63, 3.8) is 0 Å². The number of aromatic carboxylic acids is 1. The van der Waals surface area contributed by atoms with Crippen LogP contribution in [0.4, 0.5) is 5.69 Å². The molecule has 124 valence electrons. The molecule has 1 fully saturated rings. The third kappa shape index (κ3) is 3.63. The summed E-state index contributed by atoms with van der Waals surface area (Å²) < 4.78 is 5.74. The van der Waals surface area contributed by atoms with Crippen LogP contribution >= 0.6 is 0 Å². The van der Waals surface area contributed by atoms with Crippen LogP contribution in [-0.2, 0) is 11.3 Å². The summed E-state index contributed by atoms with van der Waals surface area (Å²) in [5.74, 6) is -0.632. The smallest absolute Gasteiger partial charge is 0.336 e. The van der Waals surface area contributed by atoms with E-state index in [1.165, 1.54) is 6.07 Å². The van der Waals surface area contributed by atoms with E-state index in [0.717, 1.165) is 24.3 Å². The Morgan fingerprint density at radius 3 is 2.62 bits per heavy atom. The maximum absolute atomic E-state index is 11.1. The van der Waals surface area contributed by atoms with Crippen LogP contribution in [0.15, 0.2) is 48.5 Å². The van der Waals surface area contributed by atoms with Crippen LogP contribution in [-0.4, -0.2) is 37.1 Å². The highest BCUT2D eigenvalue weighted by Gasteiger charge is 2.27. The van der Waals surface area contributed by atoms with Gasteiger partial charge in [0.2, 0.25) is 0 Å². The number of carbonyl (C=O) groups is 2. The Morgan fingerprint density at radius 2 is 1.96 bits per heavy atom. The van der Waals surface area contributed by atoms with Gasteiger partial charge in [-0.15, -0.1) is 0 Å². The van der Waals surface area contributed by atoms with Gasteiger partial charge in [-0.1, -0.05) is 30.3 Å². The highest BCUT2D eigenvalue weighted by Crippen LogP contribution is 2.26. The molecular weight excluding hydrogens is 306 g/mol. The number of ether oxygens (including phenoxy) is 1. The van der Waals surface area contributed by atoms with Gasteiger partial charge in [0.05, 0.1) is 18.8 Å². The van der Waals surface area contributed by atoms with Gasteiger partial charge < -0.3 is 14.7 Å². The lowest BCUT2D eigenvalue weighted by Gasteiger charge is -2.41. The lowest BCUT2D eigenvalue weighted by Crippen LogP contribution is -2.48. The van der Waals surface area contributed by atoms with Crippen molar-refractivity contribution in [2.45, 2.75) is 6.61 Å². The second kappa shape index (κ2) is 7.27. The molecule has 1 aliphatic rings. The van der Waals surface area contributed by atoms with Crippen molar-refractivity contribution in [2.75, 3.05) is 24.6 Å². The number of carboxylic acid groups (broad SMARTS) is 1. The Balaban J connectivity index is 1.49. The van der Waals surface area contributed by atoms with E-state index >= 15 is 0 Å². The zero-order valence-electron chi connectivity index (χ0n) is 13.2. The zero-order chi connectivity index (χ0) is 16.9. The Bertz CT molecular complexity index is 723. The van der Waals surface area contributed by atoms with E-state index in [0.29, 0.717) is 25.4 Å². The average Bonchev–Trinajstić information content (AvgIpc) is 2.57. The van der Waals surface area contributed by atoms with Gasteiger partial charge in [-0.2, -0.15) is 0 Å². The third-order valence-corrected chi connectivity index (χ3v) is 4.18. The van der Waals surface area contributed by atoms with Crippen LogP contribution < -0.4 is 4.90 Å². The second-order valence-electron chi connectivity index (χ2n) is 5.97. The Labute approximate surface area is 140 Å². The Morgan fingerprint density at radius 1 is 1.21 bits per heavy atom. The van der Waals surface area contributed by atoms with Crippen LogP contribution in [0.5, 0.6) is 0 Å². The molecule has 0 saturated carbocycles. The summed E-state index contributed by atoms with van der Waals surface area (Å²) >= 11 is 0. The molecule has 0 unspecified atom stereocenters. The molecule has 2 aromatic rings. The zero-order valence-corrected chi connectivity index (χ0v) is 13.2. The lowest BCUT2D eigenvalue weighted by atomic mass is 9.98. The molecule has 0 atom stereocenters. The van der Waals surface area contributed by atoms with E-state index < -0.39 is 5.97 Å². The molecule has 0 aliphatic carbocycles. The summed E-state index contributed by atoms with van der Waals surface area (Å²) in [5.41, 5.74) is 2.29. The van der Waals surface area contributed by atoms with Gasteiger partial charge in [0.1, 0.15) is 0 Å². The van der Waals surface area contributed by atoms with E-state index in [2.05, 4.69) is 4.90 Å². The molecule has 1 N–H and O–H groups in total. The normalized spacial score (nSPS) is 14.2. The maximum Gasteiger partial charge on any atom is 0.336 e. The molecule has 1 heterocycles. The summed E-state index contributed by atoms with van der Waals surface area (Å²) in [7, 11) is 0.